The largest absolute Gasteiger partial charge is 0.481 e. The van der Waals surface area contributed by atoms with Crippen molar-refractivity contribution in [2.45, 2.75) is 31.7 Å². The molecule has 1 N–H and O–H groups in total. The van der Waals surface area contributed by atoms with Crippen molar-refractivity contribution in [3.8, 4) is 0 Å². The summed E-state index contributed by atoms with van der Waals surface area (Å²) < 4.78 is 5.27. The third-order valence-corrected chi connectivity index (χ3v) is 3.61. The molecule has 2 aliphatic heterocycles. The summed E-state index contributed by atoms with van der Waals surface area (Å²) in [6.45, 7) is 3.39. The summed E-state index contributed by atoms with van der Waals surface area (Å²) in [7, 11) is 0. The average Bonchev–Trinajstić information content (AvgIpc) is 2.46. The predicted molar refractivity (Wildman–Crippen MR) is 69.9 cm³/mol. The zero-order chi connectivity index (χ0) is 14.4. The Labute approximate surface area is 118 Å². The van der Waals surface area contributed by atoms with Crippen molar-refractivity contribution in [2.75, 3.05) is 39.5 Å². The molecule has 114 valence electrons. The summed E-state index contributed by atoms with van der Waals surface area (Å²) in [5, 5.41) is 10.7. The topological polar surface area (TPSA) is 79.3 Å². The van der Waals surface area contributed by atoms with Gasteiger partial charge in [0.05, 0.1) is 32.3 Å². The maximum Gasteiger partial charge on any atom is 0.305 e. The highest BCUT2D eigenvalue weighted by molar-refractivity contribution is 5.78. The van der Waals surface area contributed by atoms with Crippen LogP contribution in [0.5, 0.6) is 0 Å². The number of carbonyl (C=O) groups is 2. The van der Waals surface area contributed by atoms with Crippen LogP contribution in [0.25, 0.3) is 0 Å². The minimum Gasteiger partial charge on any atom is -0.481 e. The van der Waals surface area contributed by atoms with Crippen LogP contribution < -0.4 is 0 Å². The predicted octanol–water partition coefficient (Wildman–Crippen LogP) is 0.106. The lowest BCUT2D eigenvalue weighted by Crippen LogP contribution is -2.50. The zero-order valence-electron chi connectivity index (χ0n) is 11.6. The molecule has 0 bridgehead atoms. The molecule has 2 aliphatic rings. The molecule has 0 unspecified atom stereocenters. The Morgan fingerprint density at radius 2 is 2.05 bits per heavy atom. The highest BCUT2D eigenvalue weighted by Crippen LogP contribution is 2.13. The van der Waals surface area contributed by atoms with Crippen LogP contribution in [-0.2, 0) is 19.2 Å². The van der Waals surface area contributed by atoms with Crippen LogP contribution in [-0.4, -0.2) is 72.4 Å². The van der Waals surface area contributed by atoms with Gasteiger partial charge in [-0.25, -0.2) is 0 Å². The minimum absolute atomic E-state index is 0.0197. The number of ether oxygens (including phenoxy) is 1. The highest BCUT2D eigenvalue weighted by Gasteiger charge is 2.29. The van der Waals surface area contributed by atoms with E-state index in [1.165, 1.54) is 0 Å². The lowest BCUT2D eigenvalue weighted by molar-refractivity contribution is -0.183. The van der Waals surface area contributed by atoms with Crippen molar-refractivity contribution in [3.63, 3.8) is 0 Å². The highest BCUT2D eigenvalue weighted by atomic mass is 16.7. The van der Waals surface area contributed by atoms with Crippen LogP contribution in [0.4, 0.5) is 0 Å². The maximum atomic E-state index is 12.2. The van der Waals surface area contributed by atoms with Crippen molar-refractivity contribution in [2.24, 2.45) is 0 Å². The first kappa shape index (κ1) is 15.2. The first-order chi connectivity index (χ1) is 9.66. The number of rotatable bonds is 5. The summed E-state index contributed by atoms with van der Waals surface area (Å²) in [5.74, 6) is -0.925. The Bertz CT molecular complexity index is 344. The molecule has 0 aromatic carbocycles. The van der Waals surface area contributed by atoms with Crippen LogP contribution in [0.1, 0.15) is 25.7 Å². The lowest BCUT2D eigenvalue weighted by Gasteiger charge is -2.35. The van der Waals surface area contributed by atoms with E-state index in [9.17, 15) is 9.59 Å². The van der Waals surface area contributed by atoms with Gasteiger partial charge in [-0.2, -0.15) is 5.06 Å². The van der Waals surface area contributed by atoms with Gasteiger partial charge in [0.1, 0.15) is 0 Å². The normalized spacial score (nSPS) is 24.6. The summed E-state index contributed by atoms with van der Waals surface area (Å²) in [6.07, 6.45) is 2.45. The third-order valence-electron chi connectivity index (χ3n) is 3.61. The van der Waals surface area contributed by atoms with Gasteiger partial charge in [-0.1, -0.05) is 0 Å². The van der Waals surface area contributed by atoms with Gasteiger partial charge in [-0.3, -0.25) is 14.4 Å². The standard InChI is InChI=1S/C13H22N2O5/c16-12(3-5-14-4-1-2-7-20-14)15-6-8-19-10-11(15)9-13(17)18/h11H,1-10H2,(H,17,18)/t11-/m1/s1. The quantitative estimate of drug-likeness (QED) is 0.772. The SMILES string of the molecule is O=C(O)C[C@@H]1COCCN1C(=O)CCN1CCCCO1. The molecule has 7 nitrogen and oxygen atoms in total. The van der Waals surface area contributed by atoms with E-state index >= 15 is 0 Å². The molecular weight excluding hydrogens is 264 g/mol. The Hall–Kier alpha value is -1.18. The van der Waals surface area contributed by atoms with Crippen molar-refractivity contribution in [3.05, 3.63) is 0 Å². The number of carboxylic acid groups (broad SMARTS) is 1. The fourth-order valence-corrected chi connectivity index (χ4v) is 2.54. The molecule has 0 aromatic heterocycles. The maximum absolute atomic E-state index is 12.2. The number of hydroxylamine groups is 2. The van der Waals surface area contributed by atoms with E-state index in [1.807, 2.05) is 5.06 Å². The number of amides is 1. The number of morpholine rings is 1. The van der Waals surface area contributed by atoms with Crippen LogP contribution in [0, 0.1) is 0 Å². The Morgan fingerprint density at radius 3 is 2.75 bits per heavy atom. The van der Waals surface area contributed by atoms with Gasteiger partial charge in [-0.05, 0) is 12.8 Å². The van der Waals surface area contributed by atoms with Gasteiger partial charge < -0.3 is 14.7 Å². The van der Waals surface area contributed by atoms with E-state index < -0.39 is 5.97 Å². The van der Waals surface area contributed by atoms with Gasteiger partial charge in [0.25, 0.3) is 0 Å². The van der Waals surface area contributed by atoms with Crippen LogP contribution in [0.2, 0.25) is 0 Å². The molecule has 2 rings (SSSR count). The molecule has 1 amide bonds. The first-order valence-corrected chi connectivity index (χ1v) is 7.13. The summed E-state index contributed by atoms with van der Waals surface area (Å²) in [4.78, 5) is 30.1. The van der Waals surface area contributed by atoms with Gasteiger partial charge >= 0.3 is 5.97 Å². The number of aliphatic carboxylic acids is 1. The second-order valence-corrected chi connectivity index (χ2v) is 5.13. The number of hydrogen-bond acceptors (Lipinski definition) is 5. The summed E-state index contributed by atoms with van der Waals surface area (Å²) >= 11 is 0. The molecule has 2 saturated heterocycles. The van der Waals surface area contributed by atoms with Crippen LogP contribution >= 0.6 is 0 Å². The molecule has 7 heteroatoms. The van der Waals surface area contributed by atoms with Crippen LogP contribution in [0.15, 0.2) is 0 Å². The molecule has 0 saturated carbocycles. The fraction of sp³-hybridized carbons (Fsp3) is 0.846. The second kappa shape index (κ2) is 7.56. The molecule has 2 heterocycles. The second-order valence-electron chi connectivity index (χ2n) is 5.13. The van der Waals surface area contributed by atoms with E-state index in [0.717, 1.165) is 19.4 Å². The Kier molecular flexibility index (Phi) is 5.75. The molecule has 1 atom stereocenters. The number of carboxylic acids is 1. The van der Waals surface area contributed by atoms with Crippen molar-refractivity contribution in [1.82, 2.24) is 9.96 Å². The molecule has 0 aromatic rings. The van der Waals surface area contributed by atoms with E-state index in [-0.39, 0.29) is 18.4 Å². The van der Waals surface area contributed by atoms with Crippen molar-refractivity contribution < 1.29 is 24.3 Å². The summed E-state index contributed by atoms with van der Waals surface area (Å²) in [5.41, 5.74) is 0. The van der Waals surface area contributed by atoms with E-state index in [0.29, 0.717) is 39.3 Å². The molecule has 0 aliphatic carbocycles. The van der Waals surface area contributed by atoms with E-state index in [4.69, 9.17) is 14.7 Å². The minimum atomic E-state index is -0.905. The lowest BCUT2D eigenvalue weighted by atomic mass is 10.1. The number of nitrogens with zero attached hydrogens (tertiary/aromatic N) is 2. The van der Waals surface area contributed by atoms with Crippen molar-refractivity contribution >= 4 is 11.9 Å². The van der Waals surface area contributed by atoms with Gasteiger partial charge in [0, 0.05) is 26.1 Å². The molecule has 2 fully saturated rings. The van der Waals surface area contributed by atoms with Gasteiger partial charge in [-0.15, -0.1) is 0 Å². The fourth-order valence-electron chi connectivity index (χ4n) is 2.54. The first-order valence-electron chi connectivity index (χ1n) is 7.13. The van der Waals surface area contributed by atoms with Crippen LogP contribution in [0.3, 0.4) is 0 Å². The third kappa shape index (κ3) is 4.43. The smallest absolute Gasteiger partial charge is 0.305 e. The monoisotopic (exact) mass is 286 g/mol. The van der Waals surface area contributed by atoms with E-state index in [1.54, 1.807) is 4.90 Å². The Morgan fingerprint density at radius 1 is 1.20 bits per heavy atom. The number of hydrogen-bond donors (Lipinski definition) is 1. The van der Waals surface area contributed by atoms with Crippen molar-refractivity contribution in [1.29, 1.82) is 0 Å². The van der Waals surface area contributed by atoms with Gasteiger partial charge in [0.2, 0.25) is 5.91 Å². The summed E-state index contributed by atoms with van der Waals surface area (Å²) in [6, 6.07) is -0.351. The molecular formula is C13H22N2O5. The molecule has 20 heavy (non-hydrogen) atoms. The average molecular weight is 286 g/mol. The Balaban J connectivity index is 1.80. The molecule has 0 radical (unpaired) electrons. The van der Waals surface area contributed by atoms with E-state index in [2.05, 4.69) is 0 Å². The molecule has 0 spiro atoms. The number of carbonyl (C=O) groups excluding carboxylic acids is 1. The van der Waals surface area contributed by atoms with Gasteiger partial charge in [0.15, 0.2) is 0 Å². The zero-order valence-corrected chi connectivity index (χ0v) is 11.6.